The molecule has 2 bridgehead atoms. The predicted molar refractivity (Wildman–Crippen MR) is 113 cm³/mol. The highest BCUT2D eigenvalue weighted by atomic mass is 35.5. The average Bonchev–Trinajstić information content (AvgIpc) is 3.23. The summed E-state index contributed by atoms with van der Waals surface area (Å²) in [6, 6.07) is 9.56. The fourth-order valence-corrected chi connectivity index (χ4v) is 5.98. The highest BCUT2D eigenvalue weighted by Gasteiger charge is 2.54. The van der Waals surface area contributed by atoms with Crippen LogP contribution in [0.4, 0.5) is 5.69 Å². The Morgan fingerprint density at radius 3 is 2.63 bits per heavy atom. The van der Waals surface area contributed by atoms with Gasteiger partial charge in [-0.2, -0.15) is 0 Å². The quantitative estimate of drug-likeness (QED) is 0.770. The number of aliphatic hydroxyl groups excluding tert-OH is 1. The number of aliphatic hydroxyl groups is 1. The van der Waals surface area contributed by atoms with E-state index in [-0.39, 0.29) is 5.41 Å². The van der Waals surface area contributed by atoms with Crippen molar-refractivity contribution in [1.82, 2.24) is 9.80 Å². The zero-order chi connectivity index (χ0) is 18.9. The molecule has 0 radical (unpaired) electrons. The van der Waals surface area contributed by atoms with E-state index in [2.05, 4.69) is 33.8 Å². The van der Waals surface area contributed by atoms with Crippen LogP contribution in [0.1, 0.15) is 39.0 Å². The minimum atomic E-state index is 0.186. The van der Waals surface area contributed by atoms with E-state index in [1.165, 1.54) is 44.5 Å². The fraction of sp³-hybridized carbons (Fsp3) is 0.727. The van der Waals surface area contributed by atoms with Crippen LogP contribution in [-0.2, 0) is 0 Å². The van der Waals surface area contributed by atoms with Crippen LogP contribution in [0.15, 0.2) is 24.3 Å². The van der Waals surface area contributed by atoms with Crippen molar-refractivity contribution >= 4 is 17.3 Å². The standard InChI is InChI=1S/C22H34ClN3O/c1-2-22(17-27)16-20-7-8-21(22)26(20)10-4-9-24-11-13-25(14-12-24)19-6-3-5-18(23)15-19/h3,5-6,15,20-21,27H,2,4,7-14,16-17H2,1H3/t20-,21+,22-/m1/s1. The normalized spacial score (nSPS) is 31.7. The Morgan fingerprint density at radius 2 is 1.96 bits per heavy atom. The molecule has 1 aromatic carbocycles. The van der Waals surface area contributed by atoms with E-state index in [0.717, 1.165) is 43.7 Å². The zero-order valence-electron chi connectivity index (χ0n) is 16.6. The van der Waals surface area contributed by atoms with E-state index in [1.54, 1.807) is 0 Å². The van der Waals surface area contributed by atoms with Crippen molar-refractivity contribution in [2.75, 3.05) is 50.8 Å². The van der Waals surface area contributed by atoms with Gasteiger partial charge in [0.15, 0.2) is 0 Å². The number of nitrogens with zero attached hydrogens (tertiary/aromatic N) is 3. The molecule has 1 aromatic rings. The Labute approximate surface area is 169 Å². The van der Waals surface area contributed by atoms with Crippen molar-refractivity contribution in [2.45, 2.75) is 51.1 Å². The summed E-state index contributed by atoms with van der Waals surface area (Å²) >= 11 is 6.14. The molecule has 3 fully saturated rings. The van der Waals surface area contributed by atoms with Crippen molar-refractivity contribution in [3.63, 3.8) is 0 Å². The maximum absolute atomic E-state index is 9.97. The van der Waals surface area contributed by atoms with Crippen LogP contribution in [0.5, 0.6) is 0 Å². The lowest BCUT2D eigenvalue weighted by Gasteiger charge is -2.37. The Balaban J connectivity index is 1.22. The minimum absolute atomic E-state index is 0.186. The molecule has 150 valence electrons. The third kappa shape index (κ3) is 3.87. The van der Waals surface area contributed by atoms with Gasteiger partial charge in [0.2, 0.25) is 0 Å². The van der Waals surface area contributed by atoms with Gasteiger partial charge in [-0.1, -0.05) is 24.6 Å². The highest BCUT2D eigenvalue weighted by molar-refractivity contribution is 6.30. The molecule has 3 saturated heterocycles. The van der Waals surface area contributed by atoms with Crippen molar-refractivity contribution in [1.29, 1.82) is 0 Å². The van der Waals surface area contributed by atoms with Crippen LogP contribution in [0.3, 0.4) is 0 Å². The first kappa shape index (κ1) is 19.5. The number of hydrogen-bond acceptors (Lipinski definition) is 4. The molecular formula is C22H34ClN3O. The first-order chi connectivity index (χ1) is 13.1. The first-order valence-corrected chi connectivity index (χ1v) is 11.1. The summed E-state index contributed by atoms with van der Waals surface area (Å²) in [6.07, 6.45) is 6.20. The van der Waals surface area contributed by atoms with Crippen LogP contribution >= 0.6 is 11.6 Å². The number of fused-ring (bicyclic) bond motifs is 2. The van der Waals surface area contributed by atoms with Gasteiger partial charge in [0.25, 0.3) is 0 Å². The summed E-state index contributed by atoms with van der Waals surface area (Å²) in [5, 5.41) is 10.8. The molecule has 3 atom stereocenters. The average molecular weight is 392 g/mol. The van der Waals surface area contributed by atoms with Gasteiger partial charge in [0, 0.05) is 54.4 Å². The lowest BCUT2D eigenvalue weighted by molar-refractivity contribution is 0.0719. The summed E-state index contributed by atoms with van der Waals surface area (Å²) < 4.78 is 0. The van der Waals surface area contributed by atoms with E-state index < -0.39 is 0 Å². The second kappa shape index (κ2) is 8.28. The molecule has 4 nitrogen and oxygen atoms in total. The molecule has 0 aromatic heterocycles. The van der Waals surface area contributed by atoms with Crippen LogP contribution in [0.25, 0.3) is 0 Å². The Hall–Kier alpha value is -0.810. The molecule has 3 heterocycles. The van der Waals surface area contributed by atoms with Crippen molar-refractivity contribution in [2.24, 2.45) is 5.41 Å². The number of rotatable bonds is 7. The molecule has 3 aliphatic heterocycles. The monoisotopic (exact) mass is 391 g/mol. The smallest absolute Gasteiger partial charge is 0.0502 e. The van der Waals surface area contributed by atoms with E-state index in [4.69, 9.17) is 11.6 Å². The highest BCUT2D eigenvalue weighted by Crippen LogP contribution is 2.51. The first-order valence-electron chi connectivity index (χ1n) is 10.7. The maximum atomic E-state index is 9.97. The number of anilines is 1. The largest absolute Gasteiger partial charge is 0.396 e. The summed E-state index contributed by atoms with van der Waals surface area (Å²) in [6.45, 7) is 9.45. The van der Waals surface area contributed by atoms with Gasteiger partial charge in [0.05, 0.1) is 6.61 Å². The zero-order valence-corrected chi connectivity index (χ0v) is 17.4. The van der Waals surface area contributed by atoms with Crippen LogP contribution in [0, 0.1) is 5.41 Å². The van der Waals surface area contributed by atoms with E-state index >= 15 is 0 Å². The van der Waals surface area contributed by atoms with E-state index in [1.807, 2.05) is 12.1 Å². The van der Waals surface area contributed by atoms with Gasteiger partial charge in [-0.15, -0.1) is 0 Å². The van der Waals surface area contributed by atoms with Gasteiger partial charge in [-0.3, -0.25) is 9.80 Å². The molecule has 27 heavy (non-hydrogen) atoms. The Bertz CT molecular complexity index is 628. The molecular weight excluding hydrogens is 358 g/mol. The third-order valence-corrected chi connectivity index (χ3v) is 7.68. The van der Waals surface area contributed by atoms with E-state index in [0.29, 0.717) is 12.6 Å². The lowest BCUT2D eigenvalue weighted by atomic mass is 9.72. The summed E-state index contributed by atoms with van der Waals surface area (Å²) in [5.74, 6) is 0. The van der Waals surface area contributed by atoms with Crippen LogP contribution < -0.4 is 4.90 Å². The summed E-state index contributed by atoms with van der Waals surface area (Å²) in [7, 11) is 0. The predicted octanol–water partition coefficient (Wildman–Crippen LogP) is 3.48. The number of halogens is 1. The fourth-order valence-electron chi connectivity index (χ4n) is 5.80. The maximum Gasteiger partial charge on any atom is 0.0502 e. The number of hydrogen-bond donors (Lipinski definition) is 1. The van der Waals surface area contributed by atoms with Crippen molar-refractivity contribution < 1.29 is 5.11 Å². The topological polar surface area (TPSA) is 30.0 Å². The molecule has 0 amide bonds. The Kier molecular flexibility index (Phi) is 5.98. The lowest BCUT2D eigenvalue weighted by Crippen LogP contribution is -2.47. The second-order valence-electron chi connectivity index (χ2n) is 8.73. The number of piperazine rings is 1. The third-order valence-electron chi connectivity index (χ3n) is 7.45. The number of benzene rings is 1. The molecule has 1 N–H and O–H groups in total. The molecule has 0 saturated carbocycles. The van der Waals surface area contributed by atoms with Gasteiger partial charge >= 0.3 is 0 Å². The van der Waals surface area contributed by atoms with Gasteiger partial charge in [-0.25, -0.2) is 0 Å². The molecule has 3 aliphatic rings. The SMILES string of the molecule is CC[C@]1(CO)C[C@H]2CC[C@@H]1N2CCCN1CCN(c2cccc(Cl)c2)CC1. The van der Waals surface area contributed by atoms with Gasteiger partial charge < -0.3 is 10.0 Å². The summed E-state index contributed by atoms with van der Waals surface area (Å²) in [5.41, 5.74) is 1.43. The molecule has 5 heteroatoms. The summed E-state index contributed by atoms with van der Waals surface area (Å²) in [4.78, 5) is 7.79. The molecule has 0 aliphatic carbocycles. The second-order valence-corrected chi connectivity index (χ2v) is 9.16. The molecule has 0 unspecified atom stereocenters. The van der Waals surface area contributed by atoms with Crippen LogP contribution in [-0.4, -0.2) is 72.9 Å². The van der Waals surface area contributed by atoms with Gasteiger partial charge in [0.1, 0.15) is 0 Å². The van der Waals surface area contributed by atoms with Crippen molar-refractivity contribution in [3.8, 4) is 0 Å². The molecule has 0 spiro atoms. The van der Waals surface area contributed by atoms with E-state index in [9.17, 15) is 5.11 Å². The van der Waals surface area contributed by atoms with Gasteiger partial charge in [-0.05, 0) is 63.4 Å². The van der Waals surface area contributed by atoms with Crippen molar-refractivity contribution in [3.05, 3.63) is 29.3 Å². The minimum Gasteiger partial charge on any atom is -0.396 e. The Morgan fingerprint density at radius 1 is 1.15 bits per heavy atom. The molecule has 4 rings (SSSR count). The van der Waals surface area contributed by atoms with Crippen LogP contribution in [0.2, 0.25) is 5.02 Å².